The van der Waals surface area contributed by atoms with Crippen LogP contribution in [0.25, 0.3) is 11.0 Å². The van der Waals surface area contributed by atoms with Gasteiger partial charge in [0.1, 0.15) is 12.2 Å². The van der Waals surface area contributed by atoms with E-state index in [0.717, 1.165) is 23.0 Å². The maximum absolute atomic E-state index is 12.9. The lowest BCUT2D eigenvalue weighted by atomic mass is 9.78. The van der Waals surface area contributed by atoms with Crippen molar-refractivity contribution >= 4 is 11.0 Å². The van der Waals surface area contributed by atoms with E-state index >= 15 is 0 Å². The predicted molar refractivity (Wildman–Crippen MR) is 101 cm³/mol. The van der Waals surface area contributed by atoms with E-state index in [9.17, 15) is 14.7 Å². The lowest BCUT2D eigenvalue weighted by Crippen LogP contribution is -2.46. The second-order valence-electron chi connectivity index (χ2n) is 8.57. The van der Waals surface area contributed by atoms with Crippen LogP contribution in [0, 0.1) is 0 Å². The summed E-state index contributed by atoms with van der Waals surface area (Å²) in [5, 5.41) is 9.63. The summed E-state index contributed by atoms with van der Waals surface area (Å²) in [5.41, 5.74) is 1.46. The number of benzene rings is 1. The monoisotopic (exact) mass is 374 g/mol. The van der Waals surface area contributed by atoms with Gasteiger partial charge in [-0.25, -0.2) is 0 Å². The van der Waals surface area contributed by atoms with Gasteiger partial charge in [0.05, 0.1) is 24.2 Å². The first-order valence-corrected chi connectivity index (χ1v) is 9.38. The molecule has 4 rings (SSSR count). The standard InChI is InChI=1S/C20H26N2O5/c1-19(2)8-9-21-16-12(19)6-5-7-13(16)22(18(25)17(21)24)10-14-15(11-23)27-20(3,4)26-14/h5-7,14-15,23H,8-11H2,1-4H3/t14-,15-/m0/s1/i18+0. The van der Waals surface area contributed by atoms with E-state index in [1.54, 1.807) is 18.4 Å². The van der Waals surface area contributed by atoms with Crippen LogP contribution in [0.2, 0.25) is 0 Å². The zero-order valence-corrected chi connectivity index (χ0v) is 16.2. The molecular weight excluding hydrogens is 348 g/mol. The van der Waals surface area contributed by atoms with Crippen molar-refractivity contribution in [3.05, 3.63) is 44.5 Å². The molecule has 1 aromatic heterocycles. The summed E-state index contributed by atoms with van der Waals surface area (Å²) in [7, 11) is 0. The summed E-state index contributed by atoms with van der Waals surface area (Å²) in [4.78, 5) is 25.7. The second kappa shape index (κ2) is 6.02. The molecule has 0 unspecified atom stereocenters. The van der Waals surface area contributed by atoms with Crippen molar-refractivity contribution < 1.29 is 14.6 Å². The van der Waals surface area contributed by atoms with Gasteiger partial charge in [-0.05, 0) is 37.3 Å². The third-order valence-corrected chi connectivity index (χ3v) is 5.77. The van der Waals surface area contributed by atoms with Gasteiger partial charge in [0.2, 0.25) is 0 Å². The Kier molecular flexibility index (Phi) is 4.10. The summed E-state index contributed by atoms with van der Waals surface area (Å²) in [6.45, 7) is 8.33. The highest BCUT2D eigenvalue weighted by atomic mass is 16.8. The summed E-state index contributed by atoms with van der Waals surface area (Å²) < 4.78 is 14.7. The molecule has 2 aliphatic rings. The Bertz CT molecular complexity index is 1020. The molecule has 2 aromatic rings. The van der Waals surface area contributed by atoms with Crippen molar-refractivity contribution in [2.45, 2.75) is 70.6 Å². The molecule has 0 spiro atoms. The van der Waals surface area contributed by atoms with Crippen LogP contribution in [0.5, 0.6) is 0 Å². The van der Waals surface area contributed by atoms with Crippen LogP contribution >= 0.6 is 0 Å². The normalized spacial score (nSPS) is 25.8. The van der Waals surface area contributed by atoms with Crippen molar-refractivity contribution in [1.82, 2.24) is 9.13 Å². The molecule has 1 saturated heterocycles. The van der Waals surface area contributed by atoms with Crippen LogP contribution in [0.15, 0.2) is 27.8 Å². The Balaban J connectivity index is 1.91. The Morgan fingerprint density at radius 1 is 1.11 bits per heavy atom. The van der Waals surface area contributed by atoms with Gasteiger partial charge < -0.3 is 19.1 Å². The van der Waals surface area contributed by atoms with Crippen molar-refractivity contribution in [2.75, 3.05) is 6.61 Å². The minimum absolute atomic E-state index is 0.0726. The molecule has 1 fully saturated rings. The number of para-hydroxylation sites is 1. The van der Waals surface area contributed by atoms with E-state index in [1.165, 1.54) is 4.57 Å². The van der Waals surface area contributed by atoms with E-state index in [-0.39, 0.29) is 18.6 Å². The molecule has 2 aliphatic heterocycles. The van der Waals surface area contributed by atoms with Crippen molar-refractivity contribution in [1.29, 1.82) is 0 Å². The molecule has 1 aromatic carbocycles. The van der Waals surface area contributed by atoms with E-state index in [1.807, 2.05) is 18.2 Å². The van der Waals surface area contributed by atoms with Gasteiger partial charge in [-0.15, -0.1) is 0 Å². The topological polar surface area (TPSA) is 82.7 Å². The summed E-state index contributed by atoms with van der Waals surface area (Å²) >= 11 is 0. The van der Waals surface area contributed by atoms with Crippen LogP contribution in [-0.2, 0) is 28.0 Å². The SMILES string of the molecule is CC1(C)O[C@@H](CO)[C@H](Cn2c3cccc4c3n(c(=O)[12c]2=O)CCC4(C)C)O1. The Labute approximate surface area is 157 Å². The maximum atomic E-state index is 12.9. The Morgan fingerprint density at radius 2 is 1.81 bits per heavy atom. The number of aliphatic hydroxyl groups excluding tert-OH is 1. The fourth-order valence-corrected chi connectivity index (χ4v) is 4.34. The molecule has 146 valence electrons. The molecule has 27 heavy (non-hydrogen) atoms. The Hall–Kier alpha value is -1.96. The minimum Gasteiger partial charge on any atom is -0.394 e. The second-order valence-corrected chi connectivity index (χ2v) is 8.57. The number of hydrogen-bond donors (Lipinski definition) is 1. The van der Waals surface area contributed by atoms with Gasteiger partial charge in [0.15, 0.2) is 5.79 Å². The highest BCUT2D eigenvalue weighted by molar-refractivity contribution is 5.81. The maximum Gasteiger partial charge on any atom is 0.317 e. The zero-order valence-electron chi connectivity index (χ0n) is 16.2. The van der Waals surface area contributed by atoms with E-state index < -0.39 is 29.1 Å². The quantitative estimate of drug-likeness (QED) is 0.821. The van der Waals surface area contributed by atoms with E-state index in [4.69, 9.17) is 9.47 Å². The van der Waals surface area contributed by atoms with E-state index in [0.29, 0.717) is 6.54 Å². The average Bonchev–Trinajstić information content (AvgIpc) is 2.91. The number of hydrogen-bond acceptors (Lipinski definition) is 5. The van der Waals surface area contributed by atoms with Crippen LogP contribution in [0.3, 0.4) is 0 Å². The van der Waals surface area contributed by atoms with Gasteiger partial charge in [-0.2, -0.15) is 0 Å². The number of aryl methyl sites for hydroxylation is 1. The fraction of sp³-hybridized carbons (Fsp3) is 0.600. The first-order valence-electron chi connectivity index (χ1n) is 9.38. The molecule has 7 nitrogen and oxygen atoms in total. The molecule has 2 atom stereocenters. The third-order valence-electron chi connectivity index (χ3n) is 5.77. The van der Waals surface area contributed by atoms with Crippen molar-refractivity contribution in [2.24, 2.45) is 0 Å². The molecule has 7 heteroatoms. The highest BCUT2D eigenvalue weighted by Crippen LogP contribution is 2.36. The van der Waals surface area contributed by atoms with Gasteiger partial charge in [-0.3, -0.25) is 14.2 Å². The van der Waals surface area contributed by atoms with Gasteiger partial charge in [0.25, 0.3) is 0 Å². The first kappa shape index (κ1) is 18.4. The molecule has 0 amide bonds. The fourth-order valence-electron chi connectivity index (χ4n) is 4.34. The number of ether oxygens (including phenoxy) is 2. The smallest absolute Gasteiger partial charge is 0.317 e. The molecule has 0 radical (unpaired) electrons. The van der Waals surface area contributed by atoms with Crippen LogP contribution < -0.4 is 11.1 Å². The van der Waals surface area contributed by atoms with Gasteiger partial charge in [0, 0.05) is 6.54 Å². The largest absolute Gasteiger partial charge is 0.394 e. The molecule has 0 saturated carbocycles. The average molecular weight is 374 g/mol. The van der Waals surface area contributed by atoms with Crippen LogP contribution in [0.1, 0.15) is 39.7 Å². The summed E-state index contributed by atoms with van der Waals surface area (Å²) in [5.74, 6) is -0.842. The van der Waals surface area contributed by atoms with Gasteiger partial charge >= 0.3 is 11.1 Å². The molecule has 0 bridgehead atoms. The summed E-state index contributed by atoms with van der Waals surface area (Å²) in [6.07, 6.45) is -0.249. The van der Waals surface area contributed by atoms with Crippen molar-refractivity contribution in [3.63, 3.8) is 0 Å². The molecule has 3 heterocycles. The van der Waals surface area contributed by atoms with Crippen LogP contribution in [-0.4, -0.2) is 38.8 Å². The predicted octanol–water partition coefficient (Wildman–Crippen LogP) is 1.36. The first-order chi connectivity index (χ1) is 12.6. The molecular formula is C20H26N2O5. The number of nitrogens with zero attached hydrogens (tertiary/aromatic N) is 2. The summed E-state index contributed by atoms with van der Waals surface area (Å²) in [6, 6.07) is 5.82. The lowest BCUT2D eigenvalue weighted by molar-refractivity contribution is -0.149. The lowest BCUT2D eigenvalue weighted by Gasteiger charge is -2.33. The number of rotatable bonds is 3. The van der Waals surface area contributed by atoms with Crippen molar-refractivity contribution in [3.8, 4) is 0 Å². The molecule has 0 aliphatic carbocycles. The number of aliphatic hydroxyl groups is 1. The third kappa shape index (κ3) is 2.85. The highest BCUT2D eigenvalue weighted by Gasteiger charge is 2.41. The minimum atomic E-state index is -0.842. The zero-order chi connectivity index (χ0) is 19.6. The van der Waals surface area contributed by atoms with Gasteiger partial charge in [-0.1, -0.05) is 26.0 Å². The Morgan fingerprint density at radius 3 is 2.52 bits per heavy atom. The van der Waals surface area contributed by atoms with E-state index in [2.05, 4.69) is 13.8 Å². The molecule has 1 N–H and O–H groups in total. The number of aromatic nitrogens is 2. The van der Waals surface area contributed by atoms with Crippen LogP contribution in [0.4, 0.5) is 0 Å².